The molecule has 0 radical (unpaired) electrons. The average molecular weight is 391 g/mol. The van der Waals surface area contributed by atoms with Gasteiger partial charge in [0.1, 0.15) is 0 Å². The zero-order valence-corrected chi connectivity index (χ0v) is 14.8. The number of halogens is 1. The molecule has 1 aromatic carbocycles. The van der Waals surface area contributed by atoms with Crippen LogP contribution >= 0.6 is 15.9 Å². The molecular weight excluding hydrogens is 372 g/mol. The number of benzene rings is 1. The molecule has 0 bridgehead atoms. The molecule has 2 rings (SSSR count). The van der Waals surface area contributed by atoms with Gasteiger partial charge in [0.25, 0.3) is 5.91 Å². The highest BCUT2D eigenvalue weighted by Crippen LogP contribution is 2.19. The lowest BCUT2D eigenvalue weighted by atomic mass is 10.00. The first-order chi connectivity index (χ1) is 11.5. The van der Waals surface area contributed by atoms with Gasteiger partial charge in [-0.2, -0.15) is 0 Å². The van der Waals surface area contributed by atoms with Crippen molar-refractivity contribution in [3.05, 3.63) is 58.3 Å². The summed E-state index contributed by atoms with van der Waals surface area (Å²) in [5.41, 5.74) is 7.36. The molecular formula is C17H19BrN4O2. The minimum absolute atomic E-state index is 0.0718. The Labute approximate surface area is 149 Å². The van der Waals surface area contributed by atoms with Crippen molar-refractivity contribution in [2.24, 2.45) is 5.73 Å². The molecule has 1 atom stereocenters. The maximum Gasteiger partial charge on any atom is 0.257 e. The van der Waals surface area contributed by atoms with E-state index in [-0.39, 0.29) is 17.7 Å². The minimum atomic E-state index is -0.282. The van der Waals surface area contributed by atoms with Crippen LogP contribution in [0.4, 0.5) is 5.69 Å². The Morgan fingerprint density at radius 2 is 1.96 bits per heavy atom. The zero-order chi connectivity index (χ0) is 17.5. The number of carbonyl (C=O) groups excluding carboxylic acids is 2. The van der Waals surface area contributed by atoms with Crippen LogP contribution in [0.1, 0.15) is 28.8 Å². The number of aromatic nitrogens is 1. The van der Waals surface area contributed by atoms with Gasteiger partial charge in [-0.15, -0.1) is 0 Å². The summed E-state index contributed by atoms with van der Waals surface area (Å²) < 4.78 is 0.739. The average Bonchev–Trinajstić information content (AvgIpc) is 2.59. The number of nitrogens with one attached hydrogen (secondary N) is 2. The van der Waals surface area contributed by atoms with Gasteiger partial charge in [0, 0.05) is 35.6 Å². The van der Waals surface area contributed by atoms with Gasteiger partial charge in [0.05, 0.1) is 11.5 Å². The molecule has 1 unspecified atom stereocenters. The van der Waals surface area contributed by atoms with Crippen molar-refractivity contribution in [3.8, 4) is 0 Å². The van der Waals surface area contributed by atoms with E-state index in [1.54, 1.807) is 24.4 Å². The predicted molar refractivity (Wildman–Crippen MR) is 96.8 cm³/mol. The largest absolute Gasteiger partial charge is 0.354 e. The third-order valence-electron chi connectivity index (χ3n) is 3.47. The molecule has 2 amide bonds. The van der Waals surface area contributed by atoms with Gasteiger partial charge in [0.2, 0.25) is 5.91 Å². The van der Waals surface area contributed by atoms with Crippen molar-refractivity contribution < 1.29 is 9.59 Å². The molecule has 7 heteroatoms. The number of amides is 2. The fourth-order valence-electron chi connectivity index (χ4n) is 2.09. The number of nitrogens with zero attached hydrogens (tertiary/aromatic N) is 1. The predicted octanol–water partition coefficient (Wildman–Crippen LogP) is 2.27. The van der Waals surface area contributed by atoms with Crippen molar-refractivity contribution in [1.82, 2.24) is 10.3 Å². The number of nitrogens with two attached hydrogens (primary N) is 1. The van der Waals surface area contributed by atoms with Crippen molar-refractivity contribution in [2.45, 2.75) is 12.8 Å². The van der Waals surface area contributed by atoms with E-state index in [4.69, 9.17) is 5.73 Å². The summed E-state index contributed by atoms with van der Waals surface area (Å²) in [7, 11) is 0. The maximum atomic E-state index is 12.2. The van der Waals surface area contributed by atoms with E-state index in [1.165, 1.54) is 6.20 Å². The van der Waals surface area contributed by atoms with Gasteiger partial charge in [-0.1, -0.05) is 12.1 Å². The fraction of sp³-hybridized carbons (Fsp3) is 0.235. The standard InChI is InChI=1S/C17H19BrN4O2/c1-11(16(23)21-7-6-19)12-2-4-15(5-3-12)22-17(24)13-8-14(18)10-20-9-13/h2-5,8-11H,6-7,19H2,1H3,(H,21,23)(H,22,24). The van der Waals surface area contributed by atoms with Crippen LogP contribution in [0.3, 0.4) is 0 Å². The summed E-state index contributed by atoms with van der Waals surface area (Å²) >= 11 is 3.28. The molecule has 0 fully saturated rings. The highest BCUT2D eigenvalue weighted by Gasteiger charge is 2.14. The van der Waals surface area contributed by atoms with Crippen LogP contribution in [0.25, 0.3) is 0 Å². The Morgan fingerprint density at radius 3 is 2.58 bits per heavy atom. The van der Waals surface area contributed by atoms with Gasteiger partial charge in [-0.3, -0.25) is 14.6 Å². The monoisotopic (exact) mass is 390 g/mol. The van der Waals surface area contributed by atoms with Crippen LogP contribution in [0.2, 0.25) is 0 Å². The molecule has 6 nitrogen and oxygen atoms in total. The van der Waals surface area contributed by atoms with Crippen LogP contribution in [0.5, 0.6) is 0 Å². The van der Waals surface area contributed by atoms with E-state index < -0.39 is 0 Å². The van der Waals surface area contributed by atoms with Crippen LogP contribution in [-0.4, -0.2) is 29.9 Å². The Kier molecular flexibility index (Phi) is 6.45. The minimum Gasteiger partial charge on any atom is -0.354 e. The zero-order valence-electron chi connectivity index (χ0n) is 13.3. The first-order valence-corrected chi connectivity index (χ1v) is 8.30. The van der Waals surface area contributed by atoms with Crippen LogP contribution < -0.4 is 16.4 Å². The number of rotatable bonds is 6. The molecule has 0 saturated heterocycles. The third kappa shape index (κ3) is 4.87. The summed E-state index contributed by atoms with van der Waals surface area (Å²) in [6.07, 6.45) is 3.11. The van der Waals surface area contributed by atoms with Crippen molar-refractivity contribution >= 4 is 33.4 Å². The second kappa shape index (κ2) is 8.56. The second-order valence-electron chi connectivity index (χ2n) is 5.27. The summed E-state index contributed by atoms with van der Waals surface area (Å²) in [4.78, 5) is 28.1. The molecule has 1 aromatic heterocycles. The third-order valence-corrected chi connectivity index (χ3v) is 3.91. The Balaban J connectivity index is 2.01. The molecule has 0 spiro atoms. The number of hydrogen-bond acceptors (Lipinski definition) is 4. The molecule has 0 saturated carbocycles. The fourth-order valence-corrected chi connectivity index (χ4v) is 2.46. The molecule has 126 valence electrons. The van der Waals surface area contributed by atoms with Gasteiger partial charge in [0.15, 0.2) is 0 Å². The van der Waals surface area contributed by atoms with E-state index in [1.807, 2.05) is 19.1 Å². The summed E-state index contributed by atoms with van der Waals surface area (Å²) in [6.45, 7) is 2.69. The molecule has 4 N–H and O–H groups in total. The lowest BCUT2D eigenvalue weighted by molar-refractivity contribution is -0.122. The summed E-state index contributed by atoms with van der Waals surface area (Å²) in [5.74, 6) is -0.599. The topological polar surface area (TPSA) is 97.1 Å². The van der Waals surface area contributed by atoms with E-state index in [0.717, 1.165) is 10.0 Å². The van der Waals surface area contributed by atoms with Crippen LogP contribution in [0.15, 0.2) is 47.2 Å². The SMILES string of the molecule is CC(C(=O)NCCN)c1ccc(NC(=O)c2cncc(Br)c2)cc1. The highest BCUT2D eigenvalue weighted by atomic mass is 79.9. The first-order valence-electron chi connectivity index (χ1n) is 7.51. The Morgan fingerprint density at radius 1 is 1.25 bits per heavy atom. The number of anilines is 1. The highest BCUT2D eigenvalue weighted by molar-refractivity contribution is 9.10. The number of carbonyl (C=O) groups is 2. The molecule has 0 aliphatic heterocycles. The van der Waals surface area contributed by atoms with Gasteiger partial charge < -0.3 is 16.4 Å². The molecule has 24 heavy (non-hydrogen) atoms. The van der Waals surface area contributed by atoms with Gasteiger partial charge in [-0.05, 0) is 46.6 Å². The quantitative estimate of drug-likeness (QED) is 0.704. The summed E-state index contributed by atoms with van der Waals surface area (Å²) in [5, 5.41) is 5.56. The van der Waals surface area contributed by atoms with Gasteiger partial charge in [-0.25, -0.2) is 0 Å². The van der Waals surface area contributed by atoms with Crippen molar-refractivity contribution in [1.29, 1.82) is 0 Å². The van der Waals surface area contributed by atoms with Gasteiger partial charge >= 0.3 is 0 Å². The normalized spacial score (nSPS) is 11.6. The van der Waals surface area contributed by atoms with Crippen molar-refractivity contribution in [3.63, 3.8) is 0 Å². The molecule has 1 heterocycles. The lowest BCUT2D eigenvalue weighted by Crippen LogP contribution is -2.32. The van der Waals surface area contributed by atoms with E-state index in [9.17, 15) is 9.59 Å². The number of hydrogen-bond donors (Lipinski definition) is 3. The van der Waals surface area contributed by atoms with Crippen molar-refractivity contribution in [2.75, 3.05) is 18.4 Å². The first kappa shape index (κ1) is 18.1. The van der Waals surface area contributed by atoms with E-state index >= 15 is 0 Å². The van der Waals surface area contributed by atoms with E-state index in [2.05, 4.69) is 31.5 Å². The molecule has 2 aromatic rings. The Hall–Kier alpha value is -2.25. The summed E-state index contributed by atoms with van der Waals surface area (Å²) in [6, 6.07) is 8.88. The smallest absolute Gasteiger partial charge is 0.257 e. The number of pyridine rings is 1. The van der Waals surface area contributed by atoms with E-state index in [0.29, 0.717) is 24.3 Å². The van der Waals surface area contributed by atoms with Crippen LogP contribution in [0, 0.1) is 0 Å². The van der Waals surface area contributed by atoms with Crippen LogP contribution in [-0.2, 0) is 4.79 Å². The lowest BCUT2D eigenvalue weighted by Gasteiger charge is -2.13. The maximum absolute atomic E-state index is 12.2. The molecule has 0 aliphatic rings. The second-order valence-corrected chi connectivity index (χ2v) is 6.19. The Bertz CT molecular complexity index is 719. The molecule has 0 aliphatic carbocycles.